The van der Waals surface area contributed by atoms with E-state index in [1.807, 2.05) is 31.4 Å². The Hall–Kier alpha value is -1.20. The van der Waals surface area contributed by atoms with Crippen molar-refractivity contribution in [3.8, 4) is 0 Å². The van der Waals surface area contributed by atoms with E-state index in [1.165, 1.54) is 5.56 Å². The van der Waals surface area contributed by atoms with Crippen molar-refractivity contribution in [2.45, 2.75) is 37.8 Å². The van der Waals surface area contributed by atoms with Gasteiger partial charge < -0.3 is 15.7 Å². The molecule has 2 unspecified atom stereocenters. The van der Waals surface area contributed by atoms with Crippen molar-refractivity contribution in [3.63, 3.8) is 0 Å². The van der Waals surface area contributed by atoms with E-state index in [1.54, 1.807) is 11.8 Å². The number of benzene rings is 1. The molecule has 4 nitrogen and oxygen atoms in total. The van der Waals surface area contributed by atoms with Crippen LogP contribution in [0.5, 0.6) is 0 Å². The standard InChI is InChI=1S/C16H24N2O2S/c1-12(10-21-2)18-15(19)17-11-16(20)9-5-7-13-6-3-4-8-14(13)16/h3-4,6,8,12,20H,5,7,9-11H2,1-2H3,(H2,17,18,19). The van der Waals surface area contributed by atoms with Crippen molar-refractivity contribution in [2.75, 3.05) is 18.6 Å². The van der Waals surface area contributed by atoms with Gasteiger partial charge in [-0.1, -0.05) is 24.3 Å². The number of fused-ring (bicyclic) bond motifs is 1. The summed E-state index contributed by atoms with van der Waals surface area (Å²) >= 11 is 1.70. The Labute approximate surface area is 130 Å². The average Bonchev–Trinajstić information content (AvgIpc) is 2.46. The van der Waals surface area contributed by atoms with Gasteiger partial charge in [0.1, 0.15) is 5.60 Å². The largest absolute Gasteiger partial charge is 0.383 e. The maximum absolute atomic E-state index is 11.9. The van der Waals surface area contributed by atoms with Gasteiger partial charge in [0.2, 0.25) is 0 Å². The number of urea groups is 1. The molecule has 0 aliphatic heterocycles. The monoisotopic (exact) mass is 308 g/mol. The highest BCUT2D eigenvalue weighted by Crippen LogP contribution is 2.34. The maximum Gasteiger partial charge on any atom is 0.315 e. The van der Waals surface area contributed by atoms with Gasteiger partial charge in [0.25, 0.3) is 0 Å². The molecule has 0 heterocycles. The predicted molar refractivity (Wildman–Crippen MR) is 87.7 cm³/mol. The molecule has 1 aliphatic rings. The quantitative estimate of drug-likeness (QED) is 0.782. The minimum atomic E-state index is -0.949. The molecule has 3 N–H and O–H groups in total. The minimum absolute atomic E-state index is 0.119. The van der Waals surface area contributed by atoms with Gasteiger partial charge in [-0.15, -0.1) is 0 Å². The number of hydrogen-bond acceptors (Lipinski definition) is 3. The molecular formula is C16H24N2O2S. The van der Waals surface area contributed by atoms with Crippen LogP contribution < -0.4 is 10.6 Å². The lowest BCUT2D eigenvalue weighted by molar-refractivity contribution is 0.0216. The summed E-state index contributed by atoms with van der Waals surface area (Å²) in [5, 5.41) is 16.6. The number of thioether (sulfide) groups is 1. The third-order valence-electron chi connectivity index (χ3n) is 3.89. The van der Waals surface area contributed by atoms with E-state index in [0.29, 0.717) is 6.42 Å². The molecule has 0 saturated heterocycles. The Morgan fingerprint density at radius 1 is 1.48 bits per heavy atom. The molecule has 1 aliphatic carbocycles. The Morgan fingerprint density at radius 3 is 3.00 bits per heavy atom. The Balaban J connectivity index is 1.95. The second-order valence-electron chi connectivity index (χ2n) is 5.73. The van der Waals surface area contributed by atoms with Gasteiger partial charge in [-0.2, -0.15) is 11.8 Å². The highest BCUT2D eigenvalue weighted by molar-refractivity contribution is 7.98. The van der Waals surface area contributed by atoms with Crippen molar-refractivity contribution in [1.82, 2.24) is 10.6 Å². The molecule has 0 saturated carbocycles. The van der Waals surface area contributed by atoms with Crippen LogP contribution >= 0.6 is 11.8 Å². The first-order valence-electron chi connectivity index (χ1n) is 7.39. The van der Waals surface area contributed by atoms with Crippen molar-refractivity contribution < 1.29 is 9.90 Å². The molecule has 2 atom stereocenters. The van der Waals surface area contributed by atoms with Crippen LogP contribution in [0.1, 0.15) is 30.9 Å². The van der Waals surface area contributed by atoms with Gasteiger partial charge in [0.15, 0.2) is 0 Å². The first-order valence-corrected chi connectivity index (χ1v) is 8.78. The molecule has 0 fully saturated rings. The average molecular weight is 308 g/mol. The molecular weight excluding hydrogens is 284 g/mol. The summed E-state index contributed by atoms with van der Waals surface area (Å²) in [6.07, 6.45) is 4.64. The summed E-state index contributed by atoms with van der Waals surface area (Å²) in [4.78, 5) is 11.9. The first kappa shape index (κ1) is 16.2. The molecule has 1 aromatic carbocycles. The minimum Gasteiger partial charge on any atom is -0.383 e. The summed E-state index contributed by atoms with van der Waals surface area (Å²) in [5.41, 5.74) is 1.19. The van der Waals surface area contributed by atoms with Gasteiger partial charge in [-0.3, -0.25) is 0 Å². The molecule has 0 spiro atoms. The van der Waals surface area contributed by atoms with Crippen LogP contribution in [-0.4, -0.2) is 35.7 Å². The van der Waals surface area contributed by atoms with Crippen LogP contribution in [0.2, 0.25) is 0 Å². The number of aryl methyl sites for hydroxylation is 1. The van der Waals surface area contributed by atoms with Crippen LogP contribution in [0.15, 0.2) is 24.3 Å². The SMILES string of the molecule is CSCC(C)NC(=O)NCC1(O)CCCc2ccccc21. The zero-order valence-electron chi connectivity index (χ0n) is 12.7. The maximum atomic E-state index is 11.9. The molecule has 1 aromatic rings. The lowest BCUT2D eigenvalue weighted by Crippen LogP contribution is -2.48. The molecule has 0 radical (unpaired) electrons. The lowest BCUT2D eigenvalue weighted by atomic mass is 9.79. The number of carbonyl (C=O) groups is 1. The van der Waals surface area contributed by atoms with Gasteiger partial charge >= 0.3 is 6.03 Å². The van der Waals surface area contributed by atoms with Crippen LogP contribution in [0.4, 0.5) is 4.79 Å². The normalized spacial score (nSPS) is 22.2. The number of hydrogen-bond donors (Lipinski definition) is 3. The number of carbonyl (C=O) groups excluding carboxylic acids is 1. The van der Waals surface area contributed by atoms with Gasteiger partial charge in [-0.25, -0.2) is 4.79 Å². The summed E-state index contributed by atoms with van der Waals surface area (Å²) in [7, 11) is 0. The molecule has 5 heteroatoms. The second-order valence-corrected chi connectivity index (χ2v) is 6.64. The van der Waals surface area contributed by atoms with E-state index in [0.717, 1.165) is 24.2 Å². The third kappa shape index (κ3) is 4.14. The first-order chi connectivity index (χ1) is 10.0. The van der Waals surface area contributed by atoms with Crippen LogP contribution in [0.3, 0.4) is 0 Å². The molecule has 0 aromatic heterocycles. The third-order valence-corrected chi connectivity index (χ3v) is 4.72. The number of amides is 2. The summed E-state index contributed by atoms with van der Waals surface area (Å²) in [5.74, 6) is 0.876. The van der Waals surface area contributed by atoms with E-state index in [9.17, 15) is 9.90 Å². The van der Waals surface area contributed by atoms with Crippen LogP contribution in [0.25, 0.3) is 0 Å². The smallest absolute Gasteiger partial charge is 0.315 e. The summed E-state index contributed by atoms with van der Waals surface area (Å²) < 4.78 is 0. The molecule has 21 heavy (non-hydrogen) atoms. The molecule has 2 amide bonds. The number of aliphatic hydroxyl groups is 1. The van der Waals surface area contributed by atoms with Crippen LogP contribution in [-0.2, 0) is 12.0 Å². The fourth-order valence-electron chi connectivity index (χ4n) is 2.87. The summed E-state index contributed by atoms with van der Waals surface area (Å²) in [6.45, 7) is 2.22. The zero-order valence-corrected chi connectivity index (χ0v) is 13.5. The van der Waals surface area contributed by atoms with Crippen molar-refractivity contribution >= 4 is 17.8 Å². The van der Waals surface area contributed by atoms with E-state index >= 15 is 0 Å². The van der Waals surface area contributed by atoms with E-state index < -0.39 is 5.60 Å². The van der Waals surface area contributed by atoms with Crippen molar-refractivity contribution in [1.29, 1.82) is 0 Å². The lowest BCUT2D eigenvalue weighted by Gasteiger charge is -2.34. The fraction of sp³-hybridized carbons (Fsp3) is 0.562. The van der Waals surface area contributed by atoms with E-state index in [2.05, 4.69) is 16.7 Å². The van der Waals surface area contributed by atoms with Crippen molar-refractivity contribution in [2.24, 2.45) is 0 Å². The van der Waals surface area contributed by atoms with Gasteiger partial charge in [0, 0.05) is 11.8 Å². The van der Waals surface area contributed by atoms with E-state index in [4.69, 9.17) is 0 Å². The molecule has 116 valence electrons. The molecule has 0 bridgehead atoms. The van der Waals surface area contributed by atoms with Crippen molar-refractivity contribution in [3.05, 3.63) is 35.4 Å². The highest BCUT2D eigenvalue weighted by Gasteiger charge is 2.34. The fourth-order valence-corrected chi connectivity index (χ4v) is 3.46. The second kappa shape index (κ2) is 7.18. The predicted octanol–water partition coefficient (Wildman–Crippen LogP) is 2.26. The Morgan fingerprint density at radius 2 is 2.24 bits per heavy atom. The Bertz CT molecular complexity index is 495. The Kier molecular flexibility index (Phi) is 5.53. The summed E-state index contributed by atoms with van der Waals surface area (Å²) in [6, 6.07) is 7.86. The number of rotatable bonds is 5. The van der Waals surface area contributed by atoms with Crippen LogP contribution in [0, 0.1) is 0 Å². The molecule has 2 rings (SSSR count). The number of nitrogens with one attached hydrogen (secondary N) is 2. The van der Waals surface area contributed by atoms with Gasteiger partial charge in [-0.05, 0) is 43.6 Å². The topological polar surface area (TPSA) is 61.4 Å². The zero-order chi connectivity index (χ0) is 15.3. The van der Waals surface area contributed by atoms with Gasteiger partial charge in [0.05, 0.1) is 6.54 Å². The van der Waals surface area contributed by atoms with E-state index in [-0.39, 0.29) is 18.6 Å². The highest BCUT2D eigenvalue weighted by atomic mass is 32.2.